The van der Waals surface area contributed by atoms with Gasteiger partial charge in [-0.2, -0.15) is 0 Å². The number of thiazole rings is 1. The number of fused-ring (bicyclic) bond motifs is 1. The number of benzene rings is 1. The van der Waals surface area contributed by atoms with Crippen LogP contribution in [0.2, 0.25) is 0 Å². The number of nitrogens with one attached hydrogen (secondary N) is 2. The monoisotopic (exact) mass is 321 g/mol. The molecule has 0 radical (unpaired) electrons. The molecule has 0 unspecified atom stereocenters. The Kier molecular flexibility index (Phi) is 5.54. The molecule has 1 aromatic carbocycles. The summed E-state index contributed by atoms with van der Waals surface area (Å²) >= 11 is 1.52. The fraction of sp³-hybridized carbons (Fsp3) is 0.357. The van der Waals surface area contributed by atoms with Gasteiger partial charge in [0, 0.05) is 20.0 Å². The molecule has 3 amide bonds. The number of carbonyl (C=O) groups excluding carboxylic acids is 2. The van der Waals surface area contributed by atoms with Crippen molar-refractivity contribution in [2.75, 3.05) is 6.54 Å². The Balaban J connectivity index is 1.86. The van der Waals surface area contributed by atoms with Gasteiger partial charge in [-0.3, -0.25) is 4.79 Å². The number of nitrogens with zero attached hydrogens (tertiary/aromatic N) is 2. The zero-order valence-electron chi connectivity index (χ0n) is 12.3. The van der Waals surface area contributed by atoms with Crippen LogP contribution in [0, 0.1) is 0 Å². The summed E-state index contributed by atoms with van der Waals surface area (Å²) in [6.07, 6.45) is 1.73. The lowest BCUT2D eigenvalue weighted by Gasteiger charge is -2.01. The van der Waals surface area contributed by atoms with Gasteiger partial charge in [-0.25, -0.2) is 10.2 Å². The highest BCUT2D eigenvalue weighted by atomic mass is 32.1. The molecule has 1 heterocycles. The standard InChI is InChI=1S/C14H19N5O2S/c1-19-10-6-2-3-7-11(10)22-14(19)18-17-12(20)8-4-5-9-16-13(15)21/h2-3,6-7H,4-5,8-9H2,1H3,(H,17,20)(H3,15,16,21)/b18-14+. The van der Waals surface area contributed by atoms with E-state index in [0.29, 0.717) is 25.8 Å². The molecule has 0 saturated carbocycles. The number of carbonyl (C=O) groups is 2. The first kappa shape index (κ1) is 16.0. The zero-order chi connectivity index (χ0) is 15.9. The van der Waals surface area contributed by atoms with Gasteiger partial charge < -0.3 is 15.6 Å². The Morgan fingerprint density at radius 1 is 1.32 bits per heavy atom. The van der Waals surface area contributed by atoms with Crippen LogP contribution in [0.3, 0.4) is 0 Å². The second-order valence-electron chi connectivity index (χ2n) is 4.81. The van der Waals surface area contributed by atoms with Gasteiger partial charge in [0.2, 0.25) is 10.7 Å². The van der Waals surface area contributed by atoms with E-state index in [-0.39, 0.29) is 5.91 Å². The summed E-state index contributed by atoms with van der Waals surface area (Å²) in [5, 5.41) is 6.64. The summed E-state index contributed by atoms with van der Waals surface area (Å²) in [5.41, 5.74) is 8.59. The van der Waals surface area contributed by atoms with E-state index in [1.165, 1.54) is 11.3 Å². The summed E-state index contributed by atoms with van der Waals surface area (Å²) in [4.78, 5) is 22.9. The van der Waals surface area contributed by atoms with E-state index in [1.54, 1.807) is 0 Å². The third-order valence-electron chi connectivity index (χ3n) is 3.12. The number of aromatic nitrogens is 1. The van der Waals surface area contributed by atoms with E-state index in [1.807, 2.05) is 35.9 Å². The Morgan fingerprint density at radius 2 is 2.09 bits per heavy atom. The highest BCUT2D eigenvalue weighted by molar-refractivity contribution is 7.16. The number of primary amides is 1. The van der Waals surface area contributed by atoms with E-state index < -0.39 is 6.03 Å². The molecule has 1 aromatic heterocycles. The first-order chi connectivity index (χ1) is 10.6. The maximum Gasteiger partial charge on any atom is 0.312 e. The van der Waals surface area contributed by atoms with E-state index in [2.05, 4.69) is 15.8 Å². The molecule has 2 rings (SSSR count). The maximum atomic E-state index is 11.7. The Labute approximate surface area is 131 Å². The zero-order valence-corrected chi connectivity index (χ0v) is 13.2. The molecule has 0 aliphatic rings. The molecule has 8 heteroatoms. The predicted molar refractivity (Wildman–Crippen MR) is 85.9 cm³/mol. The lowest BCUT2D eigenvalue weighted by atomic mass is 10.2. The number of nitrogens with two attached hydrogens (primary N) is 1. The summed E-state index contributed by atoms with van der Waals surface area (Å²) < 4.78 is 3.06. The van der Waals surface area contributed by atoms with E-state index in [9.17, 15) is 9.59 Å². The molecule has 7 nitrogen and oxygen atoms in total. The first-order valence-corrected chi connectivity index (χ1v) is 7.80. The average molecular weight is 321 g/mol. The molecule has 2 aromatic rings. The van der Waals surface area contributed by atoms with Crippen LogP contribution in [0.15, 0.2) is 29.4 Å². The summed E-state index contributed by atoms with van der Waals surface area (Å²) in [6.45, 7) is 0.477. The van der Waals surface area contributed by atoms with Crippen molar-refractivity contribution >= 4 is 33.5 Å². The summed E-state index contributed by atoms with van der Waals surface area (Å²) in [7, 11) is 1.92. The van der Waals surface area contributed by atoms with Gasteiger partial charge in [0.1, 0.15) is 0 Å². The van der Waals surface area contributed by atoms with Crippen LogP contribution in [0.1, 0.15) is 19.3 Å². The quantitative estimate of drug-likeness (QED) is 0.546. The number of urea groups is 1. The topological polar surface area (TPSA) is 102 Å². The second-order valence-corrected chi connectivity index (χ2v) is 5.82. The van der Waals surface area contributed by atoms with Crippen LogP contribution >= 0.6 is 11.3 Å². The molecule has 0 fully saturated rings. The Hall–Kier alpha value is -2.35. The Bertz CT molecular complexity index is 734. The molecule has 4 N–H and O–H groups in total. The van der Waals surface area contributed by atoms with Gasteiger partial charge in [0.15, 0.2) is 0 Å². The van der Waals surface area contributed by atoms with Crippen molar-refractivity contribution in [2.24, 2.45) is 17.9 Å². The van der Waals surface area contributed by atoms with Gasteiger partial charge in [-0.1, -0.05) is 23.5 Å². The van der Waals surface area contributed by atoms with Gasteiger partial charge in [0.25, 0.3) is 0 Å². The molecule has 0 aliphatic heterocycles. The molecule has 118 valence electrons. The van der Waals surface area contributed by atoms with Crippen molar-refractivity contribution in [1.29, 1.82) is 0 Å². The molecule has 0 spiro atoms. The van der Waals surface area contributed by atoms with E-state index >= 15 is 0 Å². The molecule has 22 heavy (non-hydrogen) atoms. The number of aryl methyl sites for hydroxylation is 1. The lowest BCUT2D eigenvalue weighted by molar-refractivity contribution is -0.121. The maximum absolute atomic E-state index is 11.7. The molecular formula is C14H19N5O2S. The third kappa shape index (κ3) is 4.32. The number of amides is 3. The number of para-hydroxylation sites is 1. The first-order valence-electron chi connectivity index (χ1n) is 6.98. The van der Waals surface area contributed by atoms with E-state index in [0.717, 1.165) is 15.0 Å². The van der Waals surface area contributed by atoms with Crippen LogP contribution in [0.4, 0.5) is 4.79 Å². The largest absolute Gasteiger partial charge is 0.352 e. The number of unbranched alkanes of at least 4 members (excludes halogenated alkanes) is 1. The average Bonchev–Trinajstić information content (AvgIpc) is 2.81. The van der Waals surface area contributed by atoms with Crippen molar-refractivity contribution in [2.45, 2.75) is 19.3 Å². The highest BCUT2D eigenvalue weighted by Crippen LogP contribution is 2.14. The number of hydrogen-bond acceptors (Lipinski definition) is 4. The minimum Gasteiger partial charge on any atom is -0.352 e. The van der Waals surface area contributed by atoms with Gasteiger partial charge >= 0.3 is 6.03 Å². The molecule has 0 aliphatic carbocycles. The van der Waals surface area contributed by atoms with Crippen LogP contribution in [0.5, 0.6) is 0 Å². The van der Waals surface area contributed by atoms with Gasteiger partial charge in [-0.05, 0) is 25.0 Å². The Morgan fingerprint density at radius 3 is 2.82 bits per heavy atom. The third-order valence-corrected chi connectivity index (χ3v) is 4.23. The van der Waals surface area contributed by atoms with Crippen LogP contribution in [-0.2, 0) is 11.8 Å². The van der Waals surface area contributed by atoms with Crippen molar-refractivity contribution in [1.82, 2.24) is 15.3 Å². The minimum absolute atomic E-state index is 0.142. The van der Waals surface area contributed by atoms with Crippen molar-refractivity contribution in [3.8, 4) is 0 Å². The van der Waals surface area contributed by atoms with Crippen LogP contribution < -0.4 is 21.3 Å². The smallest absolute Gasteiger partial charge is 0.312 e. The van der Waals surface area contributed by atoms with Crippen LogP contribution in [0.25, 0.3) is 10.2 Å². The van der Waals surface area contributed by atoms with Crippen molar-refractivity contribution in [3.05, 3.63) is 29.1 Å². The number of rotatable bonds is 6. The van der Waals surface area contributed by atoms with Crippen molar-refractivity contribution < 1.29 is 9.59 Å². The van der Waals surface area contributed by atoms with Crippen molar-refractivity contribution in [3.63, 3.8) is 0 Å². The minimum atomic E-state index is -0.545. The molecule has 0 bridgehead atoms. The summed E-state index contributed by atoms with van der Waals surface area (Å²) in [5.74, 6) is -0.142. The molecule has 0 saturated heterocycles. The SMILES string of the molecule is Cn1/c(=N\NC(=O)CCCCNC(N)=O)sc2ccccc21. The van der Waals surface area contributed by atoms with Gasteiger partial charge in [-0.15, -0.1) is 5.10 Å². The number of hydrogen-bond donors (Lipinski definition) is 3. The van der Waals surface area contributed by atoms with E-state index in [4.69, 9.17) is 5.73 Å². The molecule has 0 atom stereocenters. The highest BCUT2D eigenvalue weighted by Gasteiger charge is 2.03. The summed E-state index contributed by atoms with van der Waals surface area (Å²) in [6, 6.07) is 7.43. The normalized spacial score (nSPS) is 11.6. The van der Waals surface area contributed by atoms with Gasteiger partial charge in [0.05, 0.1) is 10.2 Å². The second kappa shape index (κ2) is 7.60. The molecular weight excluding hydrogens is 302 g/mol. The predicted octanol–water partition coefficient (Wildman–Crippen LogP) is 1.01. The fourth-order valence-electron chi connectivity index (χ4n) is 1.98. The van der Waals surface area contributed by atoms with Crippen LogP contribution in [-0.4, -0.2) is 23.1 Å². The fourth-order valence-corrected chi connectivity index (χ4v) is 2.96. The lowest BCUT2D eigenvalue weighted by Crippen LogP contribution is -2.30.